The molecule has 0 bridgehead atoms. The maximum absolute atomic E-state index is 12.6. The predicted molar refractivity (Wildman–Crippen MR) is 109 cm³/mol. The summed E-state index contributed by atoms with van der Waals surface area (Å²) < 4.78 is 36.4. The van der Waals surface area contributed by atoms with Gasteiger partial charge in [-0.05, 0) is 58.4 Å². The van der Waals surface area contributed by atoms with Crippen LogP contribution in [-0.2, 0) is 9.84 Å². The number of sulfone groups is 1. The summed E-state index contributed by atoms with van der Waals surface area (Å²) in [6.07, 6.45) is 0.150. The SMILES string of the molecule is Cc1cc(F)cc(C)c1[N+](=O)[O-].Cc1cc(S(=O)(=O)CCCO)cc(C)c1[N+](=O)[O-]. The Kier molecular flexibility index (Phi) is 8.55. The number of hydrogen-bond donors (Lipinski definition) is 1. The minimum Gasteiger partial charge on any atom is -0.396 e. The molecule has 0 amide bonds. The van der Waals surface area contributed by atoms with Crippen LogP contribution in [0.4, 0.5) is 15.8 Å². The van der Waals surface area contributed by atoms with Gasteiger partial charge in [0.2, 0.25) is 0 Å². The van der Waals surface area contributed by atoms with E-state index in [1.165, 1.54) is 39.8 Å². The van der Waals surface area contributed by atoms with E-state index in [-0.39, 0.29) is 35.1 Å². The molecule has 2 aromatic carbocycles. The fourth-order valence-electron chi connectivity index (χ4n) is 2.95. The summed E-state index contributed by atoms with van der Waals surface area (Å²) in [5, 5.41) is 29.9. The molecule has 30 heavy (non-hydrogen) atoms. The third-order valence-electron chi connectivity index (χ3n) is 4.22. The lowest BCUT2D eigenvalue weighted by molar-refractivity contribution is -0.386. The Labute approximate surface area is 173 Å². The van der Waals surface area contributed by atoms with E-state index in [4.69, 9.17) is 5.11 Å². The summed E-state index contributed by atoms with van der Waals surface area (Å²) in [6.45, 7) is 5.86. The second kappa shape index (κ2) is 10.2. The molecule has 2 aromatic rings. The number of nitro benzene ring substituents is 2. The van der Waals surface area contributed by atoms with Crippen LogP contribution in [0.3, 0.4) is 0 Å². The first-order chi connectivity index (χ1) is 13.8. The molecular formula is C19H23FN2O7S. The fraction of sp³-hybridized carbons (Fsp3) is 0.368. The highest BCUT2D eigenvalue weighted by molar-refractivity contribution is 7.91. The first-order valence-electron chi connectivity index (χ1n) is 8.82. The third-order valence-corrected chi connectivity index (χ3v) is 6.00. The van der Waals surface area contributed by atoms with Gasteiger partial charge in [-0.2, -0.15) is 0 Å². The molecule has 0 fully saturated rings. The van der Waals surface area contributed by atoms with Gasteiger partial charge in [0.15, 0.2) is 9.84 Å². The summed E-state index contributed by atoms with van der Waals surface area (Å²) in [6, 6.07) is 4.92. The van der Waals surface area contributed by atoms with Crippen molar-refractivity contribution in [3.63, 3.8) is 0 Å². The summed E-state index contributed by atoms with van der Waals surface area (Å²) in [4.78, 5) is 20.3. The largest absolute Gasteiger partial charge is 0.396 e. The second-order valence-corrected chi connectivity index (χ2v) is 8.81. The van der Waals surface area contributed by atoms with Crippen molar-refractivity contribution in [2.75, 3.05) is 12.4 Å². The standard InChI is InChI=1S/C11H15NO5S.C8H8FNO2/c1-8-6-10(18(16,17)5-3-4-13)7-9(2)11(8)12(14)15;1-5-3-7(9)4-6(2)8(5)10(11)12/h6-7,13H,3-5H2,1-2H3;3-4H,1-2H3. The molecule has 0 unspecified atom stereocenters. The highest BCUT2D eigenvalue weighted by Gasteiger charge is 2.21. The number of hydrogen-bond acceptors (Lipinski definition) is 7. The number of halogens is 1. The van der Waals surface area contributed by atoms with Crippen LogP contribution in [0.25, 0.3) is 0 Å². The van der Waals surface area contributed by atoms with Crippen LogP contribution in [0.2, 0.25) is 0 Å². The van der Waals surface area contributed by atoms with Crippen molar-refractivity contribution in [2.24, 2.45) is 0 Å². The van der Waals surface area contributed by atoms with E-state index >= 15 is 0 Å². The Balaban J connectivity index is 0.000000325. The Bertz CT molecular complexity index is 1020. The van der Waals surface area contributed by atoms with Crippen LogP contribution in [-0.4, -0.2) is 35.7 Å². The molecular weight excluding hydrogens is 419 g/mol. The molecule has 164 valence electrons. The van der Waals surface area contributed by atoms with Gasteiger partial charge in [-0.15, -0.1) is 0 Å². The van der Waals surface area contributed by atoms with E-state index in [0.29, 0.717) is 22.3 Å². The molecule has 0 atom stereocenters. The van der Waals surface area contributed by atoms with Gasteiger partial charge >= 0.3 is 0 Å². The number of aliphatic hydroxyl groups is 1. The number of nitrogens with zero attached hydrogens (tertiary/aromatic N) is 2. The van der Waals surface area contributed by atoms with Crippen molar-refractivity contribution < 1.29 is 27.8 Å². The minimum atomic E-state index is -3.49. The zero-order chi connectivity index (χ0) is 23.2. The normalized spacial score (nSPS) is 10.9. The quantitative estimate of drug-likeness (QED) is 0.531. The van der Waals surface area contributed by atoms with Crippen molar-refractivity contribution in [3.8, 4) is 0 Å². The van der Waals surface area contributed by atoms with Crippen molar-refractivity contribution in [2.45, 2.75) is 39.0 Å². The Morgan fingerprint density at radius 3 is 1.57 bits per heavy atom. The van der Waals surface area contributed by atoms with Crippen molar-refractivity contribution >= 4 is 21.2 Å². The molecule has 0 aliphatic carbocycles. The van der Waals surface area contributed by atoms with Gasteiger partial charge in [-0.1, -0.05) is 0 Å². The average molecular weight is 442 g/mol. The van der Waals surface area contributed by atoms with Gasteiger partial charge in [0, 0.05) is 28.9 Å². The molecule has 2 rings (SSSR count). The maximum atomic E-state index is 12.6. The summed E-state index contributed by atoms with van der Waals surface area (Å²) in [5.41, 5.74) is 1.30. The second-order valence-electron chi connectivity index (χ2n) is 6.70. The molecule has 11 heteroatoms. The number of aliphatic hydroxyl groups excluding tert-OH is 1. The Morgan fingerprint density at radius 1 is 0.867 bits per heavy atom. The molecule has 0 aliphatic rings. The highest BCUT2D eigenvalue weighted by atomic mass is 32.2. The molecule has 0 saturated carbocycles. The monoisotopic (exact) mass is 442 g/mol. The summed E-state index contributed by atoms with van der Waals surface area (Å²) in [5.74, 6) is -0.601. The number of aryl methyl sites for hydroxylation is 4. The van der Waals surface area contributed by atoms with E-state index in [9.17, 15) is 33.0 Å². The zero-order valence-corrected chi connectivity index (χ0v) is 17.8. The third kappa shape index (κ3) is 6.29. The van der Waals surface area contributed by atoms with Crippen LogP contribution in [0.15, 0.2) is 29.2 Å². The van der Waals surface area contributed by atoms with Crippen LogP contribution >= 0.6 is 0 Å². The smallest absolute Gasteiger partial charge is 0.275 e. The topological polar surface area (TPSA) is 141 Å². The van der Waals surface area contributed by atoms with Crippen molar-refractivity contribution in [3.05, 3.63) is 72.6 Å². The lowest BCUT2D eigenvalue weighted by Crippen LogP contribution is -2.09. The molecule has 1 N–H and O–H groups in total. The van der Waals surface area contributed by atoms with Crippen LogP contribution in [0.5, 0.6) is 0 Å². The van der Waals surface area contributed by atoms with Gasteiger partial charge in [0.05, 0.1) is 20.5 Å². The Hall–Kier alpha value is -2.92. The van der Waals surface area contributed by atoms with Gasteiger partial charge < -0.3 is 5.11 Å². The molecule has 0 saturated heterocycles. The Morgan fingerprint density at radius 2 is 1.23 bits per heavy atom. The number of nitro groups is 2. The predicted octanol–water partition coefficient (Wildman–Crippen LogP) is 3.72. The van der Waals surface area contributed by atoms with Crippen LogP contribution in [0, 0.1) is 53.7 Å². The van der Waals surface area contributed by atoms with Gasteiger partial charge in [-0.25, -0.2) is 12.8 Å². The van der Waals surface area contributed by atoms with E-state index < -0.39 is 25.5 Å². The van der Waals surface area contributed by atoms with Gasteiger partial charge in [0.1, 0.15) is 5.82 Å². The summed E-state index contributed by atoms with van der Waals surface area (Å²) >= 11 is 0. The fourth-order valence-corrected chi connectivity index (χ4v) is 4.40. The number of rotatable bonds is 6. The van der Waals surface area contributed by atoms with E-state index in [1.807, 2.05) is 0 Å². The molecule has 9 nitrogen and oxygen atoms in total. The lowest BCUT2D eigenvalue weighted by Gasteiger charge is -2.07. The zero-order valence-electron chi connectivity index (χ0n) is 17.0. The molecule has 0 aromatic heterocycles. The maximum Gasteiger partial charge on any atom is 0.275 e. The van der Waals surface area contributed by atoms with Gasteiger partial charge in [-0.3, -0.25) is 20.2 Å². The van der Waals surface area contributed by atoms with Crippen molar-refractivity contribution in [1.29, 1.82) is 0 Å². The van der Waals surface area contributed by atoms with Crippen molar-refractivity contribution in [1.82, 2.24) is 0 Å². The molecule has 0 spiro atoms. The van der Waals surface area contributed by atoms with E-state index in [0.717, 1.165) is 12.1 Å². The molecule has 0 heterocycles. The first kappa shape index (κ1) is 25.1. The average Bonchev–Trinajstić information content (AvgIpc) is 2.58. The molecule has 0 radical (unpaired) electrons. The lowest BCUT2D eigenvalue weighted by atomic mass is 10.1. The molecule has 0 aliphatic heterocycles. The summed E-state index contributed by atoms with van der Waals surface area (Å²) in [7, 11) is -3.49. The minimum absolute atomic E-state index is 0.00333. The van der Waals surface area contributed by atoms with E-state index in [2.05, 4.69) is 0 Å². The number of benzene rings is 2. The van der Waals surface area contributed by atoms with Crippen LogP contribution in [0.1, 0.15) is 28.7 Å². The first-order valence-corrected chi connectivity index (χ1v) is 10.5. The van der Waals surface area contributed by atoms with E-state index in [1.54, 1.807) is 0 Å². The highest BCUT2D eigenvalue weighted by Crippen LogP contribution is 2.27. The van der Waals surface area contributed by atoms with Gasteiger partial charge in [0.25, 0.3) is 11.4 Å². The van der Waals surface area contributed by atoms with Crippen LogP contribution < -0.4 is 0 Å².